The predicted molar refractivity (Wildman–Crippen MR) is 63.1 cm³/mol. The molecule has 15 heavy (non-hydrogen) atoms. The summed E-state index contributed by atoms with van der Waals surface area (Å²) in [4.78, 5) is 0. The molecule has 1 unspecified atom stereocenters. The summed E-state index contributed by atoms with van der Waals surface area (Å²) in [5.74, 6) is 0. The van der Waals surface area contributed by atoms with Crippen LogP contribution in [0.2, 0.25) is 0 Å². The van der Waals surface area contributed by atoms with E-state index < -0.39 is 0 Å². The highest BCUT2D eigenvalue weighted by atomic mass is 16.5. The van der Waals surface area contributed by atoms with Crippen molar-refractivity contribution in [3.63, 3.8) is 0 Å². The summed E-state index contributed by atoms with van der Waals surface area (Å²) < 4.78 is 6.08. The lowest BCUT2D eigenvalue weighted by atomic mass is 9.78. The minimum absolute atomic E-state index is 0.253. The van der Waals surface area contributed by atoms with Crippen molar-refractivity contribution in [1.82, 2.24) is 5.32 Å². The van der Waals surface area contributed by atoms with Gasteiger partial charge in [0.1, 0.15) is 0 Å². The minimum atomic E-state index is 0.253. The van der Waals surface area contributed by atoms with Gasteiger partial charge in [-0.15, -0.1) is 0 Å². The summed E-state index contributed by atoms with van der Waals surface area (Å²) in [5.41, 5.74) is 0.253. The van der Waals surface area contributed by atoms with Crippen LogP contribution < -0.4 is 5.32 Å². The summed E-state index contributed by atoms with van der Waals surface area (Å²) in [7, 11) is 0. The maximum atomic E-state index is 6.08. The van der Waals surface area contributed by atoms with E-state index in [4.69, 9.17) is 4.74 Å². The Bertz CT molecular complexity index is 191. The van der Waals surface area contributed by atoms with Crippen LogP contribution in [0.3, 0.4) is 0 Å². The van der Waals surface area contributed by atoms with Crippen molar-refractivity contribution in [2.75, 3.05) is 6.61 Å². The number of rotatable bonds is 2. The van der Waals surface area contributed by atoms with E-state index in [1.54, 1.807) is 0 Å². The lowest BCUT2D eigenvalue weighted by Gasteiger charge is -2.44. The number of nitrogens with one attached hydrogen (secondary N) is 1. The first kappa shape index (κ1) is 11.4. The molecule has 1 spiro atoms. The van der Waals surface area contributed by atoms with Gasteiger partial charge in [-0.2, -0.15) is 0 Å². The Balaban J connectivity index is 1.90. The molecule has 88 valence electrons. The Morgan fingerprint density at radius 1 is 1.20 bits per heavy atom. The van der Waals surface area contributed by atoms with Gasteiger partial charge in [-0.25, -0.2) is 0 Å². The molecule has 1 heterocycles. The molecule has 1 saturated heterocycles. The zero-order valence-electron chi connectivity index (χ0n) is 10.2. The van der Waals surface area contributed by atoms with Crippen LogP contribution in [-0.4, -0.2) is 24.3 Å². The molecule has 0 bridgehead atoms. The molecule has 0 aromatic rings. The molecule has 1 aliphatic carbocycles. The summed E-state index contributed by atoms with van der Waals surface area (Å²) >= 11 is 0. The Kier molecular flexibility index (Phi) is 3.68. The second kappa shape index (κ2) is 4.84. The summed E-state index contributed by atoms with van der Waals surface area (Å²) in [6, 6.07) is 1.30. The van der Waals surface area contributed by atoms with Gasteiger partial charge in [-0.1, -0.05) is 33.1 Å². The van der Waals surface area contributed by atoms with Crippen LogP contribution >= 0.6 is 0 Å². The largest absolute Gasteiger partial charge is 0.375 e. The highest BCUT2D eigenvalue weighted by Gasteiger charge is 2.38. The Labute approximate surface area is 93.8 Å². The smallest absolute Gasteiger partial charge is 0.0697 e. The average molecular weight is 211 g/mol. The molecule has 2 nitrogen and oxygen atoms in total. The fourth-order valence-corrected chi connectivity index (χ4v) is 3.19. The number of hydrogen-bond donors (Lipinski definition) is 1. The van der Waals surface area contributed by atoms with Crippen molar-refractivity contribution in [2.24, 2.45) is 0 Å². The third kappa shape index (κ3) is 2.94. The van der Waals surface area contributed by atoms with E-state index in [1.807, 2.05) is 0 Å². The highest BCUT2D eigenvalue weighted by Crippen LogP contribution is 2.38. The SMILES string of the molecule is CC(C)NC1CCOC2(CCCCC2)C1. The molecular formula is C13H25NO. The molecule has 2 fully saturated rings. The molecule has 0 aromatic heterocycles. The molecule has 1 atom stereocenters. The van der Waals surface area contributed by atoms with E-state index in [1.165, 1.54) is 44.9 Å². The van der Waals surface area contributed by atoms with Crippen molar-refractivity contribution in [1.29, 1.82) is 0 Å². The second-order valence-corrected chi connectivity index (χ2v) is 5.60. The van der Waals surface area contributed by atoms with Crippen molar-refractivity contribution in [3.05, 3.63) is 0 Å². The zero-order chi connectivity index (χ0) is 10.7. The van der Waals surface area contributed by atoms with Gasteiger partial charge < -0.3 is 10.1 Å². The molecular weight excluding hydrogens is 186 g/mol. The third-order valence-electron chi connectivity index (χ3n) is 3.83. The van der Waals surface area contributed by atoms with Crippen LogP contribution in [-0.2, 0) is 4.74 Å². The molecule has 1 saturated carbocycles. The van der Waals surface area contributed by atoms with Gasteiger partial charge in [0.05, 0.1) is 5.60 Å². The molecule has 2 aliphatic rings. The summed E-state index contributed by atoms with van der Waals surface area (Å²) in [5, 5.41) is 3.67. The lowest BCUT2D eigenvalue weighted by molar-refractivity contribution is -0.109. The van der Waals surface area contributed by atoms with Gasteiger partial charge in [-0.05, 0) is 25.7 Å². The Hall–Kier alpha value is -0.0800. The summed E-state index contributed by atoms with van der Waals surface area (Å²) in [6.07, 6.45) is 9.17. The van der Waals surface area contributed by atoms with E-state index in [9.17, 15) is 0 Å². The number of hydrogen-bond acceptors (Lipinski definition) is 2. The normalized spacial score (nSPS) is 31.0. The topological polar surface area (TPSA) is 21.3 Å². The Morgan fingerprint density at radius 3 is 2.60 bits per heavy atom. The van der Waals surface area contributed by atoms with Gasteiger partial charge in [-0.3, -0.25) is 0 Å². The van der Waals surface area contributed by atoms with Gasteiger partial charge in [0.2, 0.25) is 0 Å². The molecule has 2 rings (SSSR count). The maximum absolute atomic E-state index is 6.08. The van der Waals surface area contributed by atoms with Crippen molar-refractivity contribution in [2.45, 2.75) is 76.5 Å². The standard InChI is InChI=1S/C13H25NO/c1-11(2)14-12-6-9-15-13(10-12)7-4-3-5-8-13/h11-12,14H,3-10H2,1-2H3. The average Bonchev–Trinajstić information content (AvgIpc) is 2.17. The van der Waals surface area contributed by atoms with Crippen LogP contribution in [0.25, 0.3) is 0 Å². The van der Waals surface area contributed by atoms with Crippen LogP contribution in [0.15, 0.2) is 0 Å². The number of ether oxygens (including phenoxy) is 1. The molecule has 1 aliphatic heterocycles. The van der Waals surface area contributed by atoms with E-state index in [-0.39, 0.29) is 5.60 Å². The van der Waals surface area contributed by atoms with Crippen LogP contribution in [0.1, 0.15) is 58.8 Å². The van der Waals surface area contributed by atoms with Gasteiger partial charge >= 0.3 is 0 Å². The minimum Gasteiger partial charge on any atom is -0.375 e. The third-order valence-corrected chi connectivity index (χ3v) is 3.83. The Morgan fingerprint density at radius 2 is 1.93 bits per heavy atom. The predicted octanol–water partition coefficient (Wildman–Crippen LogP) is 2.87. The first-order valence-corrected chi connectivity index (χ1v) is 6.60. The second-order valence-electron chi connectivity index (χ2n) is 5.60. The zero-order valence-corrected chi connectivity index (χ0v) is 10.2. The molecule has 2 heteroatoms. The molecule has 0 radical (unpaired) electrons. The van der Waals surface area contributed by atoms with E-state index in [0.717, 1.165) is 6.61 Å². The van der Waals surface area contributed by atoms with E-state index in [2.05, 4.69) is 19.2 Å². The summed E-state index contributed by atoms with van der Waals surface area (Å²) in [6.45, 7) is 5.44. The van der Waals surface area contributed by atoms with Crippen molar-refractivity contribution in [3.8, 4) is 0 Å². The molecule has 0 amide bonds. The fourth-order valence-electron chi connectivity index (χ4n) is 3.19. The quantitative estimate of drug-likeness (QED) is 0.758. The van der Waals surface area contributed by atoms with E-state index in [0.29, 0.717) is 12.1 Å². The highest BCUT2D eigenvalue weighted by molar-refractivity contribution is 4.92. The molecule has 0 aromatic carbocycles. The van der Waals surface area contributed by atoms with Gasteiger partial charge in [0, 0.05) is 18.7 Å². The van der Waals surface area contributed by atoms with Crippen LogP contribution in [0.4, 0.5) is 0 Å². The fraction of sp³-hybridized carbons (Fsp3) is 1.00. The van der Waals surface area contributed by atoms with Crippen LogP contribution in [0.5, 0.6) is 0 Å². The van der Waals surface area contributed by atoms with Crippen molar-refractivity contribution < 1.29 is 4.74 Å². The first-order valence-electron chi connectivity index (χ1n) is 6.60. The first-order chi connectivity index (χ1) is 7.20. The van der Waals surface area contributed by atoms with Crippen molar-refractivity contribution >= 4 is 0 Å². The van der Waals surface area contributed by atoms with E-state index >= 15 is 0 Å². The van der Waals surface area contributed by atoms with Crippen LogP contribution in [0, 0.1) is 0 Å². The molecule has 1 N–H and O–H groups in total. The van der Waals surface area contributed by atoms with Gasteiger partial charge in [0.15, 0.2) is 0 Å². The lowest BCUT2D eigenvalue weighted by Crippen LogP contribution is -2.49. The van der Waals surface area contributed by atoms with Gasteiger partial charge in [0.25, 0.3) is 0 Å². The monoisotopic (exact) mass is 211 g/mol. The maximum Gasteiger partial charge on any atom is 0.0697 e.